The number of aromatic nitrogens is 5. The molecule has 0 spiro atoms. The normalized spacial score (nSPS) is 16.4. The van der Waals surface area contributed by atoms with E-state index in [9.17, 15) is 4.79 Å². The highest BCUT2D eigenvalue weighted by atomic mass is 16.2. The average Bonchev–Trinajstić information content (AvgIpc) is 3.27. The lowest BCUT2D eigenvalue weighted by Crippen LogP contribution is -2.41. The van der Waals surface area contributed by atoms with Crippen molar-refractivity contribution in [3.8, 4) is 11.3 Å². The van der Waals surface area contributed by atoms with E-state index in [1.807, 2.05) is 13.2 Å². The fourth-order valence-electron chi connectivity index (χ4n) is 3.86. The molecule has 1 saturated carbocycles. The Hall–Kier alpha value is -2.90. The molecule has 1 fully saturated rings. The summed E-state index contributed by atoms with van der Waals surface area (Å²) < 4.78 is 1.73. The van der Waals surface area contributed by atoms with E-state index in [1.54, 1.807) is 23.1 Å². The van der Waals surface area contributed by atoms with Crippen molar-refractivity contribution in [2.45, 2.75) is 45.1 Å². The Morgan fingerprint density at radius 2 is 2.11 bits per heavy atom. The van der Waals surface area contributed by atoms with Crippen LogP contribution in [0.25, 0.3) is 22.2 Å². The van der Waals surface area contributed by atoms with Crippen molar-refractivity contribution in [1.82, 2.24) is 30.3 Å². The molecule has 0 radical (unpaired) electrons. The van der Waals surface area contributed by atoms with Crippen molar-refractivity contribution in [3.63, 3.8) is 0 Å². The summed E-state index contributed by atoms with van der Waals surface area (Å²) in [5, 5.41) is 18.3. The minimum Gasteiger partial charge on any atom is -0.335 e. The van der Waals surface area contributed by atoms with Gasteiger partial charge in [0.1, 0.15) is 11.5 Å². The summed E-state index contributed by atoms with van der Waals surface area (Å²) in [5.74, 6) is 1.06. The van der Waals surface area contributed by atoms with Crippen LogP contribution >= 0.6 is 0 Å². The molecular weight excluding hydrogens is 342 g/mol. The molecule has 4 rings (SSSR count). The van der Waals surface area contributed by atoms with Gasteiger partial charge in [-0.2, -0.15) is 10.2 Å². The van der Waals surface area contributed by atoms with Crippen molar-refractivity contribution in [2.75, 3.05) is 5.32 Å². The summed E-state index contributed by atoms with van der Waals surface area (Å²) in [7, 11) is 1.87. The van der Waals surface area contributed by atoms with Gasteiger partial charge >= 0.3 is 6.03 Å². The summed E-state index contributed by atoms with van der Waals surface area (Å²) in [6.07, 6.45) is 11.6. The molecule has 27 heavy (non-hydrogen) atoms. The Morgan fingerprint density at radius 1 is 1.30 bits per heavy atom. The number of pyridine rings is 1. The summed E-state index contributed by atoms with van der Waals surface area (Å²) in [4.78, 5) is 16.7. The molecule has 2 amide bonds. The lowest BCUT2D eigenvalue weighted by atomic mass is 9.85. The van der Waals surface area contributed by atoms with Crippen LogP contribution < -0.4 is 10.6 Å². The molecule has 0 aliphatic heterocycles. The van der Waals surface area contributed by atoms with Crippen LogP contribution in [0.2, 0.25) is 0 Å². The zero-order chi connectivity index (χ0) is 18.8. The van der Waals surface area contributed by atoms with Gasteiger partial charge in [-0.05, 0) is 25.7 Å². The maximum Gasteiger partial charge on any atom is 0.320 e. The summed E-state index contributed by atoms with van der Waals surface area (Å²) in [6.45, 7) is 2.08. The summed E-state index contributed by atoms with van der Waals surface area (Å²) >= 11 is 0. The van der Waals surface area contributed by atoms with Crippen molar-refractivity contribution >= 4 is 22.8 Å². The van der Waals surface area contributed by atoms with Gasteiger partial charge in [0, 0.05) is 42.5 Å². The SMILES string of the molecule is CC(NC(=O)Nc1cc2[nH]nc(-c3cnn(C)c3)c2cn1)C1CCCCC1. The number of anilines is 1. The smallest absolute Gasteiger partial charge is 0.320 e. The highest BCUT2D eigenvalue weighted by Gasteiger charge is 2.21. The fourth-order valence-corrected chi connectivity index (χ4v) is 3.86. The van der Waals surface area contributed by atoms with E-state index in [0.29, 0.717) is 11.7 Å². The maximum atomic E-state index is 12.3. The number of carbonyl (C=O) groups excluding carboxylic acids is 1. The predicted octanol–water partition coefficient (Wildman–Crippen LogP) is 3.45. The Morgan fingerprint density at radius 3 is 2.85 bits per heavy atom. The van der Waals surface area contributed by atoms with Crippen LogP contribution in [-0.2, 0) is 7.05 Å². The number of hydrogen-bond donors (Lipinski definition) is 3. The van der Waals surface area contributed by atoms with E-state index in [0.717, 1.165) is 22.2 Å². The lowest BCUT2D eigenvalue weighted by molar-refractivity contribution is 0.235. The first-order valence-electron chi connectivity index (χ1n) is 9.51. The average molecular weight is 367 g/mol. The second-order valence-corrected chi connectivity index (χ2v) is 7.38. The topological polar surface area (TPSA) is 101 Å². The molecule has 3 heterocycles. The highest BCUT2D eigenvalue weighted by molar-refractivity contribution is 5.95. The molecule has 8 heteroatoms. The van der Waals surface area contributed by atoms with Crippen LogP contribution in [0, 0.1) is 5.92 Å². The third kappa shape index (κ3) is 3.79. The number of nitrogens with one attached hydrogen (secondary N) is 3. The number of H-pyrrole nitrogens is 1. The van der Waals surface area contributed by atoms with Gasteiger partial charge < -0.3 is 5.32 Å². The number of hydrogen-bond acceptors (Lipinski definition) is 4. The zero-order valence-corrected chi connectivity index (χ0v) is 15.7. The van der Waals surface area contributed by atoms with E-state index in [2.05, 4.69) is 37.8 Å². The third-order valence-electron chi connectivity index (χ3n) is 5.38. The van der Waals surface area contributed by atoms with Crippen LogP contribution in [0.3, 0.4) is 0 Å². The van der Waals surface area contributed by atoms with Crippen LogP contribution in [0.4, 0.5) is 10.6 Å². The van der Waals surface area contributed by atoms with Crippen LogP contribution in [0.15, 0.2) is 24.7 Å². The summed E-state index contributed by atoms with van der Waals surface area (Å²) in [5.41, 5.74) is 2.54. The van der Waals surface area contributed by atoms with Gasteiger partial charge in [0.25, 0.3) is 0 Å². The van der Waals surface area contributed by atoms with Gasteiger partial charge in [-0.1, -0.05) is 19.3 Å². The van der Waals surface area contributed by atoms with Gasteiger partial charge in [0.05, 0.1) is 11.7 Å². The quantitative estimate of drug-likeness (QED) is 0.657. The zero-order valence-electron chi connectivity index (χ0n) is 15.7. The van der Waals surface area contributed by atoms with Crippen LogP contribution in [0.1, 0.15) is 39.0 Å². The van der Waals surface area contributed by atoms with Gasteiger partial charge in [0.15, 0.2) is 0 Å². The Balaban J connectivity index is 1.44. The first-order chi connectivity index (χ1) is 13.1. The van der Waals surface area contributed by atoms with Crippen molar-refractivity contribution in [2.24, 2.45) is 13.0 Å². The third-order valence-corrected chi connectivity index (χ3v) is 5.38. The number of urea groups is 1. The standard InChI is InChI=1S/C19H25N7O/c1-12(13-6-4-3-5-7-13)22-19(27)23-17-8-16-15(10-20-17)18(25-24-16)14-9-21-26(2)11-14/h8-13H,3-7H2,1-2H3,(H,24,25)(H2,20,22,23,27). The molecule has 0 bridgehead atoms. The van der Waals surface area contributed by atoms with E-state index < -0.39 is 0 Å². The molecule has 1 unspecified atom stereocenters. The molecule has 3 aromatic heterocycles. The van der Waals surface area contributed by atoms with Gasteiger partial charge in [0.2, 0.25) is 0 Å². The summed E-state index contributed by atoms with van der Waals surface area (Å²) in [6, 6.07) is 1.75. The minimum atomic E-state index is -0.216. The van der Waals surface area contributed by atoms with Crippen molar-refractivity contribution in [1.29, 1.82) is 0 Å². The van der Waals surface area contributed by atoms with Gasteiger partial charge in [-0.15, -0.1) is 0 Å². The molecule has 8 nitrogen and oxygen atoms in total. The van der Waals surface area contributed by atoms with Crippen molar-refractivity contribution < 1.29 is 4.79 Å². The molecule has 3 aromatic rings. The molecule has 1 aliphatic carbocycles. The van der Waals surface area contributed by atoms with Crippen LogP contribution in [-0.4, -0.2) is 37.0 Å². The van der Waals surface area contributed by atoms with E-state index in [-0.39, 0.29) is 12.1 Å². The van der Waals surface area contributed by atoms with Gasteiger partial charge in [-0.3, -0.25) is 15.1 Å². The number of rotatable bonds is 4. The first-order valence-corrected chi connectivity index (χ1v) is 9.51. The van der Waals surface area contributed by atoms with Crippen LogP contribution in [0.5, 0.6) is 0 Å². The molecule has 1 atom stereocenters. The number of nitrogens with zero attached hydrogens (tertiary/aromatic N) is 4. The molecule has 3 N–H and O–H groups in total. The van der Waals surface area contributed by atoms with E-state index in [1.165, 1.54) is 32.1 Å². The maximum absolute atomic E-state index is 12.3. The largest absolute Gasteiger partial charge is 0.335 e. The Bertz CT molecular complexity index is 939. The molecule has 0 saturated heterocycles. The fraction of sp³-hybridized carbons (Fsp3) is 0.474. The van der Waals surface area contributed by atoms with Crippen molar-refractivity contribution in [3.05, 3.63) is 24.7 Å². The monoisotopic (exact) mass is 367 g/mol. The molecule has 142 valence electrons. The molecule has 0 aromatic carbocycles. The molecular formula is C19H25N7O. The predicted molar refractivity (Wildman–Crippen MR) is 104 cm³/mol. The lowest BCUT2D eigenvalue weighted by Gasteiger charge is -2.28. The first kappa shape index (κ1) is 17.5. The van der Waals surface area contributed by atoms with Gasteiger partial charge in [-0.25, -0.2) is 9.78 Å². The Kier molecular flexibility index (Phi) is 4.79. The number of carbonyl (C=O) groups is 1. The van der Waals surface area contributed by atoms with E-state index in [4.69, 9.17) is 0 Å². The minimum absolute atomic E-state index is 0.165. The number of amides is 2. The Labute approximate surface area is 157 Å². The number of aromatic amines is 1. The second kappa shape index (κ2) is 7.38. The second-order valence-electron chi connectivity index (χ2n) is 7.38. The molecule has 1 aliphatic rings. The number of fused-ring (bicyclic) bond motifs is 1. The van der Waals surface area contributed by atoms with E-state index >= 15 is 0 Å². The highest BCUT2D eigenvalue weighted by Crippen LogP contribution is 2.27. The number of aryl methyl sites for hydroxylation is 1.